The Hall–Kier alpha value is -1.30. The lowest BCUT2D eigenvalue weighted by Crippen LogP contribution is -2.46. The van der Waals surface area contributed by atoms with E-state index in [0.29, 0.717) is 13.2 Å². The highest BCUT2D eigenvalue weighted by atomic mass is 16.5. The average Bonchev–Trinajstić information content (AvgIpc) is 2.70. The molecule has 2 atom stereocenters. The Labute approximate surface area is 87.0 Å². The molecule has 0 aromatic heterocycles. The van der Waals surface area contributed by atoms with Crippen molar-refractivity contribution in [2.45, 2.75) is 25.0 Å². The molecular weight excluding hydrogens is 200 g/mol. The second kappa shape index (κ2) is 6.23. The standard InChI is InChI=1S/C8H14N4O3/c9-12-11-4-3-10-7(8(13)14)6-2-1-5-15-6/h6-7,10H,1-5H2,(H,13,14). The van der Waals surface area contributed by atoms with Crippen LogP contribution in [-0.2, 0) is 9.53 Å². The minimum atomic E-state index is -0.928. The van der Waals surface area contributed by atoms with Gasteiger partial charge in [0.05, 0.1) is 6.10 Å². The third kappa shape index (κ3) is 3.75. The maximum atomic E-state index is 10.9. The number of carboxylic acids is 1. The largest absolute Gasteiger partial charge is 0.480 e. The molecule has 0 saturated carbocycles. The molecule has 2 N–H and O–H groups in total. The van der Waals surface area contributed by atoms with Crippen molar-refractivity contribution in [3.8, 4) is 0 Å². The molecule has 1 heterocycles. The van der Waals surface area contributed by atoms with Gasteiger partial charge < -0.3 is 15.2 Å². The predicted octanol–water partition coefficient (Wildman–Crippen LogP) is 0.518. The first-order valence-electron chi connectivity index (χ1n) is 4.84. The maximum Gasteiger partial charge on any atom is 0.323 e. The van der Waals surface area contributed by atoms with Gasteiger partial charge in [-0.2, -0.15) is 0 Å². The van der Waals surface area contributed by atoms with Crippen LogP contribution < -0.4 is 5.32 Å². The Morgan fingerprint density at radius 2 is 2.60 bits per heavy atom. The summed E-state index contributed by atoms with van der Waals surface area (Å²) in [7, 11) is 0. The number of nitrogens with zero attached hydrogens (tertiary/aromatic N) is 3. The van der Waals surface area contributed by atoms with Gasteiger partial charge in [0.1, 0.15) is 6.04 Å². The van der Waals surface area contributed by atoms with Crippen LogP contribution in [-0.4, -0.2) is 42.9 Å². The molecule has 0 spiro atoms. The van der Waals surface area contributed by atoms with Gasteiger partial charge in [-0.05, 0) is 18.4 Å². The van der Waals surface area contributed by atoms with Gasteiger partial charge in [0, 0.05) is 24.6 Å². The summed E-state index contributed by atoms with van der Waals surface area (Å²) in [5.74, 6) is -0.928. The minimum Gasteiger partial charge on any atom is -0.480 e. The van der Waals surface area contributed by atoms with Gasteiger partial charge in [0.25, 0.3) is 0 Å². The van der Waals surface area contributed by atoms with E-state index in [2.05, 4.69) is 15.3 Å². The number of hydrogen-bond acceptors (Lipinski definition) is 4. The highest BCUT2D eigenvalue weighted by Gasteiger charge is 2.30. The monoisotopic (exact) mass is 214 g/mol. The lowest BCUT2D eigenvalue weighted by Gasteiger charge is -2.19. The van der Waals surface area contributed by atoms with Crippen LogP contribution in [0, 0.1) is 0 Å². The lowest BCUT2D eigenvalue weighted by atomic mass is 10.1. The predicted molar refractivity (Wildman–Crippen MR) is 52.4 cm³/mol. The quantitative estimate of drug-likeness (QED) is 0.291. The van der Waals surface area contributed by atoms with Crippen LogP contribution in [0.3, 0.4) is 0 Å². The molecule has 1 aliphatic rings. The van der Waals surface area contributed by atoms with E-state index in [1.165, 1.54) is 0 Å². The van der Waals surface area contributed by atoms with E-state index < -0.39 is 12.0 Å². The minimum absolute atomic E-state index is 0.243. The number of hydrogen-bond donors (Lipinski definition) is 2. The van der Waals surface area contributed by atoms with Gasteiger partial charge in [-0.1, -0.05) is 5.11 Å². The first-order chi connectivity index (χ1) is 7.25. The SMILES string of the molecule is [N-]=[N+]=NCCNC(C(=O)O)C1CCCO1. The number of azide groups is 1. The molecular formula is C8H14N4O3. The Balaban J connectivity index is 2.36. The first kappa shape index (κ1) is 11.8. The van der Waals surface area contributed by atoms with Crippen LogP contribution in [0.4, 0.5) is 0 Å². The van der Waals surface area contributed by atoms with Crippen LogP contribution >= 0.6 is 0 Å². The molecule has 0 aromatic carbocycles. The van der Waals surface area contributed by atoms with E-state index in [4.69, 9.17) is 15.4 Å². The molecule has 7 nitrogen and oxygen atoms in total. The normalized spacial score (nSPS) is 22.0. The van der Waals surface area contributed by atoms with Crippen molar-refractivity contribution in [2.24, 2.45) is 5.11 Å². The van der Waals surface area contributed by atoms with E-state index in [0.717, 1.165) is 12.8 Å². The number of ether oxygens (including phenoxy) is 1. The summed E-state index contributed by atoms with van der Waals surface area (Å²) in [6.07, 6.45) is 1.38. The van der Waals surface area contributed by atoms with Crippen LogP contribution in [0.2, 0.25) is 0 Å². The van der Waals surface area contributed by atoms with Crippen molar-refractivity contribution in [2.75, 3.05) is 19.7 Å². The summed E-state index contributed by atoms with van der Waals surface area (Å²) in [5.41, 5.74) is 8.04. The molecule has 0 aliphatic carbocycles. The zero-order valence-electron chi connectivity index (χ0n) is 8.30. The Morgan fingerprint density at radius 1 is 1.80 bits per heavy atom. The van der Waals surface area contributed by atoms with E-state index in [1.54, 1.807) is 0 Å². The van der Waals surface area contributed by atoms with E-state index in [1.807, 2.05) is 0 Å². The molecule has 0 bridgehead atoms. The summed E-state index contributed by atoms with van der Waals surface area (Å²) in [6, 6.07) is -0.707. The summed E-state index contributed by atoms with van der Waals surface area (Å²) >= 11 is 0. The molecule has 0 aromatic rings. The number of carbonyl (C=O) groups is 1. The van der Waals surface area contributed by atoms with Crippen LogP contribution in [0.25, 0.3) is 10.4 Å². The number of carboxylic acid groups (broad SMARTS) is 1. The molecule has 1 rings (SSSR count). The van der Waals surface area contributed by atoms with Crippen molar-refractivity contribution in [1.82, 2.24) is 5.32 Å². The van der Waals surface area contributed by atoms with Crippen molar-refractivity contribution in [3.05, 3.63) is 10.4 Å². The summed E-state index contributed by atoms with van der Waals surface area (Å²) in [6.45, 7) is 1.21. The van der Waals surface area contributed by atoms with E-state index >= 15 is 0 Å². The van der Waals surface area contributed by atoms with Gasteiger partial charge in [-0.15, -0.1) is 0 Å². The summed E-state index contributed by atoms with van der Waals surface area (Å²) in [4.78, 5) is 13.5. The van der Waals surface area contributed by atoms with Gasteiger partial charge in [-0.3, -0.25) is 4.79 Å². The zero-order valence-corrected chi connectivity index (χ0v) is 8.30. The topological polar surface area (TPSA) is 107 Å². The highest BCUT2D eigenvalue weighted by molar-refractivity contribution is 5.74. The number of aliphatic carboxylic acids is 1. The van der Waals surface area contributed by atoms with Crippen LogP contribution in [0.5, 0.6) is 0 Å². The second-order valence-corrected chi connectivity index (χ2v) is 3.28. The molecule has 1 aliphatic heterocycles. The summed E-state index contributed by atoms with van der Waals surface area (Å²) in [5, 5.41) is 15.1. The molecule has 0 amide bonds. The van der Waals surface area contributed by atoms with Gasteiger partial charge in [-0.25, -0.2) is 0 Å². The van der Waals surface area contributed by atoms with E-state index in [-0.39, 0.29) is 12.6 Å². The third-order valence-electron chi connectivity index (χ3n) is 2.24. The summed E-state index contributed by atoms with van der Waals surface area (Å²) < 4.78 is 5.29. The molecule has 1 fully saturated rings. The fraction of sp³-hybridized carbons (Fsp3) is 0.875. The third-order valence-corrected chi connectivity index (χ3v) is 2.24. The number of nitrogens with one attached hydrogen (secondary N) is 1. The second-order valence-electron chi connectivity index (χ2n) is 3.28. The lowest BCUT2D eigenvalue weighted by molar-refractivity contribution is -0.142. The molecule has 0 radical (unpaired) electrons. The fourth-order valence-electron chi connectivity index (χ4n) is 1.56. The van der Waals surface area contributed by atoms with Crippen molar-refractivity contribution in [1.29, 1.82) is 0 Å². The van der Waals surface area contributed by atoms with Crippen molar-refractivity contribution >= 4 is 5.97 Å². The Bertz CT molecular complexity index is 259. The first-order valence-corrected chi connectivity index (χ1v) is 4.84. The molecule has 2 unspecified atom stereocenters. The fourth-order valence-corrected chi connectivity index (χ4v) is 1.56. The molecule has 7 heteroatoms. The number of rotatable bonds is 6. The van der Waals surface area contributed by atoms with Crippen LogP contribution in [0.1, 0.15) is 12.8 Å². The van der Waals surface area contributed by atoms with Crippen LogP contribution in [0.15, 0.2) is 5.11 Å². The average molecular weight is 214 g/mol. The Kier molecular flexibility index (Phi) is 4.89. The van der Waals surface area contributed by atoms with Gasteiger partial charge >= 0.3 is 5.97 Å². The molecule has 15 heavy (non-hydrogen) atoms. The van der Waals surface area contributed by atoms with E-state index in [9.17, 15) is 4.79 Å². The zero-order chi connectivity index (χ0) is 11.1. The molecule has 1 saturated heterocycles. The molecule has 84 valence electrons. The van der Waals surface area contributed by atoms with Crippen molar-refractivity contribution < 1.29 is 14.6 Å². The smallest absolute Gasteiger partial charge is 0.323 e. The maximum absolute atomic E-state index is 10.9. The van der Waals surface area contributed by atoms with Gasteiger partial charge in [0.2, 0.25) is 0 Å². The Morgan fingerprint density at radius 3 is 3.13 bits per heavy atom. The highest BCUT2D eigenvalue weighted by Crippen LogP contribution is 2.15. The van der Waals surface area contributed by atoms with Gasteiger partial charge in [0.15, 0.2) is 0 Å². The van der Waals surface area contributed by atoms with Crippen molar-refractivity contribution in [3.63, 3.8) is 0 Å².